The topological polar surface area (TPSA) is 57.3 Å². The predicted octanol–water partition coefficient (Wildman–Crippen LogP) is 2.36. The summed E-state index contributed by atoms with van der Waals surface area (Å²) in [5.41, 5.74) is 1.41. The van der Waals surface area contributed by atoms with Crippen LogP contribution in [0.5, 0.6) is 0 Å². The summed E-state index contributed by atoms with van der Waals surface area (Å²) < 4.78 is 14.0. The van der Waals surface area contributed by atoms with Gasteiger partial charge in [0.1, 0.15) is 17.7 Å². The first kappa shape index (κ1) is 17.9. The van der Waals surface area contributed by atoms with E-state index in [4.69, 9.17) is 0 Å². The Morgan fingerprint density at radius 2 is 1.96 bits per heavy atom. The fourth-order valence-electron chi connectivity index (χ4n) is 2.48. The van der Waals surface area contributed by atoms with Gasteiger partial charge in [0, 0.05) is 24.8 Å². The van der Waals surface area contributed by atoms with Gasteiger partial charge in [-0.25, -0.2) is 9.37 Å². The molecule has 0 fully saturated rings. The van der Waals surface area contributed by atoms with Gasteiger partial charge in [-0.15, -0.1) is 0 Å². The van der Waals surface area contributed by atoms with Crippen LogP contribution in [0.3, 0.4) is 0 Å². The van der Waals surface area contributed by atoms with Gasteiger partial charge in [0.25, 0.3) is 0 Å². The van der Waals surface area contributed by atoms with Crippen LogP contribution >= 0.6 is 0 Å². The van der Waals surface area contributed by atoms with E-state index < -0.39 is 6.04 Å². The van der Waals surface area contributed by atoms with E-state index in [1.54, 1.807) is 43.4 Å². The highest BCUT2D eigenvalue weighted by Crippen LogP contribution is 2.21. The Balaban J connectivity index is 1.92. The fourth-order valence-corrected chi connectivity index (χ4v) is 2.48. The van der Waals surface area contributed by atoms with Crippen molar-refractivity contribution in [3.63, 3.8) is 0 Å². The predicted molar refractivity (Wildman–Crippen MR) is 93.3 cm³/mol. The number of hydrogen-bond donors (Lipinski definition) is 2. The maximum absolute atomic E-state index is 14.0. The van der Waals surface area contributed by atoms with Gasteiger partial charge >= 0.3 is 0 Å². The number of aromatic nitrogens is 1. The number of hydrogen-bond acceptors (Lipinski definition) is 4. The van der Waals surface area contributed by atoms with Crippen LogP contribution in [0.1, 0.15) is 17.2 Å². The molecule has 2 rings (SSSR count). The van der Waals surface area contributed by atoms with E-state index in [0.717, 1.165) is 11.4 Å². The molecule has 6 heteroatoms. The zero-order chi connectivity index (χ0) is 17.5. The third kappa shape index (κ3) is 4.52. The maximum atomic E-state index is 14.0. The zero-order valence-electron chi connectivity index (χ0n) is 14.2. The van der Waals surface area contributed by atoms with E-state index in [1.165, 1.54) is 6.07 Å². The van der Waals surface area contributed by atoms with E-state index >= 15 is 0 Å². The highest BCUT2D eigenvalue weighted by atomic mass is 19.1. The van der Waals surface area contributed by atoms with Crippen LogP contribution in [-0.2, 0) is 4.79 Å². The molecule has 1 atom stereocenters. The smallest absolute Gasteiger partial charge is 0.242 e. The molecular formula is C18H23FN4O. The summed E-state index contributed by atoms with van der Waals surface area (Å²) in [5.74, 6) is 0.184. The van der Waals surface area contributed by atoms with Crippen LogP contribution in [0.15, 0.2) is 42.6 Å². The number of pyridine rings is 1. The number of halogens is 1. The number of rotatable bonds is 7. The van der Waals surface area contributed by atoms with Crippen LogP contribution in [0.4, 0.5) is 10.2 Å². The van der Waals surface area contributed by atoms with Crippen molar-refractivity contribution in [2.45, 2.75) is 13.0 Å². The third-order valence-corrected chi connectivity index (χ3v) is 3.69. The molecule has 0 bridgehead atoms. The number of carbonyl (C=O) groups is 1. The molecule has 2 N–H and O–H groups in total. The summed E-state index contributed by atoms with van der Waals surface area (Å²) in [6.45, 7) is 2.93. The standard InChI is InChI=1S/C18H23FN4O/c1-13-7-6-10-20-17(13)21-11-12-22-18(24)16(23(2)3)14-8-4-5-9-15(14)19/h4-10,16H,11-12H2,1-3H3,(H,20,21)(H,22,24)/t16-/m0/s1. The molecule has 1 amide bonds. The first-order valence-corrected chi connectivity index (χ1v) is 7.84. The average molecular weight is 330 g/mol. The number of anilines is 1. The molecule has 0 aliphatic carbocycles. The Morgan fingerprint density at radius 3 is 2.62 bits per heavy atom. The van der Waals surface area contributed by atoms with Crippen LogP contribution in [0.25, 0.3) is 0 Å². The molecule has 0 aliphatic heterocycles. The molecule has 1 aromatic carbocycles. The first-order valence-electron chi connectivity index (χ1n) is 7.84. The molecule has 0 radical (unpaired) electrons. The van der Waals surface area contributed by atoms with Crippen LogP contribution in [-0.4, -0.2) is 43.0 Å². The molecule has 1 aromatic heterocycles. The van der Waals surface area contributed by atoms with Gasteiger partial charge in [-0.2, -0.15) is 0 Å². The van der Waals surface area contributed by atoms with Crippen molar-refractivity contribution in [3.05, 3.63) is 59.5 Å². The molecule has 0 aliphatic rings. The second-order valence-corrected chi connectivity index (χ2v) is 5.77. The maximum Gasteiger partial charge on any atom is 0.242 e. The lowest BCUT2D eigenvalue weighted by Gasteiger charge is -2.24. The van der Waals surface area contributed by atoms with Gasteiger partial charge in [0.15, 0.2) is 0 Å². The Bertz CT molecular complexity index is 690. The van der Waals surface area contributed by atoms with Crippen molar-refractivity contribution < 1.29 is 9.18 Å². The van der Waals surface area contributed by atoms with Gasteiger partial charge in [-0.1, -0.05) is 24.3 Å². The molecule has 0 saturated heterocycles. The normalized spacial score (nSPS) is 12.0. The number of likely N-dealkylation sites (N-methyl/N-ethyl adjacent to an activating group) is 1. The minimum Gasteiger partial charge on any atom is -0.368 e. The number of aryl methyl sites for hydroxylation is 1. The summed E-state index contributed by atoms with van der Waals surface area (Å²) in [6.07, 6.45) is 1.72. The van der Waals surface area contributed by atoms with E-state index in [1.807, 2.05) is 19.1 Å². The van der Waals surface area contributed by atoms with E-state index in [2.05, 4.69) is 15.6 Å². The minimum atomic E-state index is -0.664. The lowest BCUT2D eigenvalue weighted by atomic mass is 10.0. The van der Waals surface area contributed by atoms with Crippen LogP contribution in [0.2, 0.25) is 0 Å². The number of nitrogens with one attached hydrogen (secondary N) is 2. The van der Waals surface area contributed by atoms with Gasteiger partial charge in [-0.05, 0) is 38.7 Å². The lowest BCUT2D eigenvalue weighted by molar-refractivity contribution is -0.125. The third-order valence-electron chi connectivity index (χ3n) is 3.69. The summed E-state index contributed by atoms with van der Waals surface area (Å²) in [7, 11) is 3.51. The Labute approximate surface area is 141 Å². The number of nitrogens with zero attached hydrogens (tertiary/aromatic N) is 2. The lowest BCUT2D eigenvalue weighted by Crippen LogP contribution is -2.39. The van der Waals surface area contributed by atoms with E-state index in [9.17, 15) is 9.18 Å². The van der Waals surface area contributed by atoms with Gasteiger partial charge in [0.05, 0.1) is 0 Å². The summed E-state index contributed by atoms with van der Waals surface area (Å²) in [6, 6.07) is 9.52. The first-order chi connectivity index (χ1) is 11.5. The van der Waals surface area contributed by atoms with Crippen molar-refractivity contribution >= 4 is 11.7 Å². The van der Waals surface area contributed by atoms with Gasteiger partial charge < -0.3 is 10.6 Å². The number of amides is 1. The quantitative estimate of drug-likeness (QED) is 0.765. The Hall–Kier alpha value is -2.47. The molecule has 128 valence electrons. The SMILES string of the molecule is Cc1cccnc1NCCNC(=O)[C@H](c1ccccc1F)N(C)C. The molecular weight excluding hydrogens is 307 g/mol. The highest BCUT2D eigenvalue weighted by Gasteiger charge is 2.25. The van der Waals surface area contributed by atoms with Crippen molar-refractivity contribution in [1.29, 1.82) is 0 Å². The van der Waals surface area contributed by atoms with Crippen molar-refractivity contribution in [1.82, 2.24) is 15.2 Å². The van der Waals surface area contributed by atoms with Crippen molar-refractivity contribution in [3.8, 4) is 0 Å². The molecule has 1 heterocycles. The largest absolute Gasteiger partial charge is 0.368 e. The van der Waals surface area contributed by atoms with Crippen molar-refractivity contribution in [2.24, 2.45) is 0 Å². The average Bonchev–Trinajstić information content (AvgIpc) is 2.55. The molecule has 2 aromatic rings. The van der Waals surface area contributed by atoms with Gasteiger partial charge in [-0.3, -0.25) is 9.69 Å². The summed E-state index contributed by atoms with van der Waals surface area (Å²) >= 11 is 0. The van der Waals surface area contributed by atoms with Crippen LogP contribution < -0.4 is 10.6 Å². The fraction of sp³-hybridized carbons (Fsp3) is 0.333. The van der Waals surface area contributed by atoms with Gasteiger partial charge in [0.2, 0.25) is 5.91 Å². The Kier molecular flexibility index (Phi) is 6.26. The Morgan fingerprint density at radius 1 is 1.21 bits per heavy atom. The summed E-state index contributed by atoms with van der Waals surface area (Å²) in [5, 5.41) is 6.02. The second kappa shape index (κ2) is 8.40. The minimum absolute atomic E-state index is 0.232. The van der Waals surface area contributed by atoms with E-state index in [0.29, 0.717) is 18.7 Å². The molecule has 5 nitrogen and oxygen atoms in total. The monoisotopic (exact) mass is 330 g/mol. The van der Waals surface area contributed by atoms with E-state index in [-0.39, 0.29) is 11.7 Å². The van der Waals surface area contributed by atoms with Crippen molar-refractivity contribution in [2.75, 3.05) is 32.5 Å². The second-order valence-electron chi connectivity index (χ2n) is 5.77. The van der Waals surface area contributed by atoms with Crippen LogP contribution in [0, 0.1) is 12.7 Å². The number of carbonyl (C=O) groups excluding carboxylic acids is 1. The zero-order valence-corrected chi connectivity index (χ0v) is 14.2. The molecule has 0 saturated carbocycles. The molecule has 0 spiro atoms. The molecule has 0 unspecified atom stereocenters. The molecule has 24 heavy (non-hydrogen) atoms. The summed E-state index contributed by atoms with van der Waals surface area (Å²) in [4.78, 5) is 18.4. The highest BCUT2D eigenvalue weighted by molar-refractivity contribution is 5.83. The number of benzene rings is 1.